The number of carbonyl (C=O) groups is 1. The quantitative estimate of drug-likeness (QED) is 0.624. The van der Waals surface area contributed by atoms with Crippen LogP contribution in [-0.2, 0) is 16.1 Å². The number of rotatable bonds is 7. The smallest absolute Gasteiger partial charge is 0.329 e. The Labute approximate surface area is 181 Å². The molecular formula is C25H27F2NO3. The number of aliphatic carboxylic acids is 1. The van der Waals surface area contributed by atoms with E-state index in [1.54, 1.807) is 31.2 Å². The van der Waals surface area contributed by atoms with Crippen molar-refractivity contribution in [1.29, 1.82) is 0 Å². The molecule has 1 aliphatic carbocycles. The van der Waals surface area contributed by atoms with E-state index in [9.17, 15) is 13.6 Å². The van der Waals surface area contributed by atoms with E-state index in [1.807, 2.05) is 32.9 Å². The Hall–Kier alpha value is -2.99. The maximum absolute atomic E-state index is 14.9. The van der Waals surface area contributed by atoms with Crippen molar-refractivity contribution in [2.75, 3.05) is 6.61 Å². The molecule has 0 aromatic heterocycles. The molecule has 0 saturated carbocycles. The standard InChI is InChI=1S/C25H27F2NO3/c1-15-8-9-21(31-14-22(29)30)25(3,4)24(15)28-13-19-11-18(10-16(2)23(19)27)17-6-5-7-20(26)12-17/h5-12,21,28H,13-14H2,1-4H3,(H,29,30). The zero-order valence-electron chi connectivity index (χ0n) is 18.1. The van der Waals surface area contributed by atoms with E-state index < -0.39 is 24.1 Å². The van der Waals surface area contributed by atoms with E-state index in [2.05, 4.69) is 5.32 Å². The minimum atomic E-state index is -1.03. The first-order valence-electron chi connectivity index (χ1n) is 10.1. The minimum absolute atomic E-state index is 0.228. The number of nitrogens with one attached hydrogen (secondary N) is 1. The van der Waals surface area contributed by atoms with Gasteiger partial charge in [-0.15, -0.1) is 0 Å². The topological polar surface area (TPSA) is 58.6 Å². The third-order valence-electron chi connectivity index (χ3n) is 5.60. The maximum atomic E-state index is 14.9. The Kier molecular flexibility index (Phi) is 6.60. The number of aryl methyl sites for hydroxylation is 1. The highest BCUT2D eigenvalue weighted by atomic mass is 19.1. The van der Waals surface area contributed by atoms with Gasteiger partial charge in [0.1, 0.15) is 18.2 Å². The summed E-state index contributed by atoms with van der Waals surface area (Å²) in [5.74, 6) is -1.69. The molecule has 1 atom stereocenters. The Morgan fingerprint density at radius 2 is 1.90 bits per heavy atom. The van der Waals surface area contributed by atoms with E-state index in [0.29, 0.717) is 16.7 Å². The summed E-state index contributed by atoms with van der Waals surface area (Å²) in [6, 6.07) is 9.66. The van der Waals surface area contributed by atoms with Crippen LogP contribution in [0.25, 0.3) is 11.1 Å². The van der Waals surface area contributed by atoms with Gasteiger partial charge in [0.25, 0.3) is 0 Å². The highest BCUT2D eigenvalue weighted by Gasteiger charge is 2.36. The number of ether oxygens (including phenoxy) is 1. The lowest BCUT2D eigenvalue weighted by molar-refractivity contribution is -0.145. The van der Waals surface area contributed by atoms with Crippen LogP contribution in [0.3, 0.4) is 0 Å². The van der Waals surface area contributed by atoms with Crippen LogP contribution in [0.4, 0.5) is 8.78 Å². The van der Waals surface area contributed by atoms with Crippen LogP contribution in [0.5, 0.6) is 0 Å². The SMILES string of the molecule is CC1=C(NCc2cc(-c3cccc(F)c3)cc(C)c2F)C(C)(C)C(OCC(=O)O)C=C1. The second-order valence-electron chi connectivity index (χ2n) is 8.39. The average molecular weight is 427 g/mol. The molecule has 164 valence electrons. The van der Waals surface area contributed by atoms with Crippen molar-refractivity contribution in [3.63, 3.8) is 0 Å². The van der Waals surface area contributed by atoms with Crippen LogP contribution < -0.4 is 5.32 Å². The van der Waals surface area contributed by atoms with Gasteiger partial charge in [0, 0.05) is 23.2 Å². The maximum Gasteiger partial charge on any atom is 0.329 e. The van der Waals surface area contributed by atoms with Crippen molar-refractivity contribution in [3.05, 3.63) is 82.6 Å². The summed E-state index contributed by atoms with van der Waals surface area (Å²) in [7, 11) is 0. The molecule has 0 aliphatic heterocycles. The summed E-state index contributed by atoms with van der Waals surface area (Å²) in [6.07, 6.45) is 3.30. The second kappa shape index (κ2) is 9.02. The molecule has 1 unspecified atom stereocenters. The number of halogens is 2. The zero-order valence-corrected chi connectivity index (χ0v) is 18.1. The molecule has 0 fully saturated rings. The Bertz CT molecular complexity index is 1060. The van der Waals surface area contributed by atoms with Crippen molar-refractivity contribution < 1.29 is 23.4 Å². The van der Waals surface area contributed by atoms with E-state index in [-0.39, 0.29) is 18.2 Å². The van der Waals surface area contributed by atoms with E-state index in [0.717, 1.165) is 16.8 Å². The van der Waals surface area contributed by atoms with Crippen LogP contribution in [-0.4, -0.2) is 23.8 Å². The lowest BCUT2D eigenvalue weighted by Gasteiger charge is -2.38. The van der Waals surface area contributed by atoms with Gasteiger partial charge in [-0.1, -0.05) is 38.1 Å². The molecule has 2 N–H and O–H groups in total. The lowest BCUT2D eigenvalue weighted by atomic mass is 9.77. The third kappa shape index (κ3) is 5.02. The number of carboxylic acid groups (broad SMARTS) is 1. The number of benzene rings is 2. The van der Waals surface area contributed by atoms with Gasteiger partial charge >= 0.3 is 5.97 Å². The van der Waals surface area contributed by atoms with Crippen LogP contribution >= 0.6 is 0 Å². The predicted octanol–water partition coefficient (Wildman–Crippen LogP) is 5.37. The summed E-state index contributed by atoms with van der Waals surface area (Å²) in [6.45, 7) is 7.38. The lowest BCUT2D eigenvalue weighted by Crippen LogP contribution is -2.41. The molecule has 3 rings (SSSR count). The summed E-state index contributed by atoms with van der Waals surface area (Å²) < 4.78 is 34.1. The van der Waals surface area contributed by atoms with Gasteiger partial charge in [-0.3, -0.25) is 0 Å². The van der Waals surface area contributed by atoms with Crippen molar-refractivity contribution in [1.82, 2.24) is 5.32 Å². The highest BCUT2D eigenvalue weighted by molar-refractivity contribution is 5.68. The molecule has 0 saturated heterocycles. The van der Waals surface area contributed by atoms with Gasteiger partial charge in [0.15, 0.2) is 0 Å². The normalized spacial score (nSPS) is 17.7. The molecule has 4 nitrogen and oxygen atoms in total. The molecule has 2 aromatic carbocycles. The van der Waals surface area contributed by atoms with Crippen molar-refractivity contribution in [2.24, 2.45) is 5.41 Å². The van der Waals surface area contributed by atoms with Gasteiger partial charge in [-0.2, -0.15) is 0 Å². The molecule has 0 amide bonds. The average Bonchev–Trinajstić information content (AvgIpc) is 2.69. The zero-order chi connectivity index (χ0) is 22.8. The first kappa shape index (κ1) is 22.7. The third-order valence-corrected chi connectivity index (χ3v) is 5.60. The van der Waals surface area contributed by atoms with Gasteiger partial charge in [0.05, 0.1) is 6.10 Å². The molecule has 0 radical (unpaired) electrons. The minimum Gasteiger partial charge on any atom is -0.480 e. The van der Waals surface area contributed by atoms with Gasteiger partial charge in [0.2, 0.25) is 0 Å². The van der Waals surface area contributed by atoms with Gasteiger partial charge < -0.3 is 15.2 Å². The number of carboxylic acids is 1. The highest BCUT2D eigenvalue weighted by Crippen LogP contribution is 2.37. The van der Waals surface area contributed by atoms with E-state index in [1.165, 1.54) is 12.1 Å². The van der Waals surface area contributed by atoms with Crippen molar-refractivity contribution >= 4 is 5.97 Å². The molecule has 0 bridgehead atoms. The molecule has 2 aromatic rings. The van der Waals surface area contributed by atoms with E-state index in [4.69, 9.17) is 9.84 Å². The largest absolute Gasteiger partial charge is 0.480 e. The summed E-state index contributed by atoms with van der Waals surface area (Å²) in [5.41, 5.74) is 3.67. The molecule has 31 heavy (non-hydrogen) atoms. The molecular weight excluding hydrogens is 400 g/mol. The van der Waals surface area contributed by atoms with Gasteiger partial charge in [-0.25, -0.2) is 13.6 Å². The predicted molar refractivity (Wildman–Crippen MR) is 116 cm³/mol. The summed E-state index contributed by atoms with van der Waals surface area (Å²) in [4.78, 5) is 10.9. The van der Waals surface area contributed by atoms with E-state index >= 15 is 0 Å². The first-order chi connectivity index (χ1) is 14.6. The number of hydrogen-bond donors (Lipinski definition) is 2. The summed E-state index contributed by atoms with van der Waals surface area (Å²) in [5, 5.41) is 12.3. The van der Waals surface area contributed by atoms with Crippen LogP contribution in [0.1, 0.15) is 31.9 Å². The van der Waals surface area contributed by atoms with Gasteiger partial charge in [-0.05, 0) is 60.4 Å². The Morgan fingerprint density at radius 1 is 1.16 bits per heavy atom. The number of allylic oxidation sites excluding steroid dienone is 2. The van der Waals surface area contributed by atoms with Crippen molar-refractivity contribution in [3.8, 4) is 11.1 Å². The molecule has 0 spiro atoms. The second-order valence-corrected chi connectivity index (χ2v) is 8.39. The first-order valence-corrected chi connectivity index (χ1v) is 10.1. The summed E-state index contributed by atoms with van der Waals surface area (Å²) >= 11 is 0. The van der Waals surface area contributed by atoms with Crippen LogP contribution in [0, 0.1) is 24.0 Å². The van der Waals surface area contributed by atoms with Crippen molar-refractivity contribution in [2.45, 2.75) is 40.3 Å². The fourth-order valence-electron chi connectivity index (χ4n) is 3.99. The Morgan fingerprint density at radius 3 is 2.58 bits per heavy atom. The van der Waals surface area contributed by atoms with Crippen LogP contribution in [0.2, 0.25) is 0 Å². The number of hydrogen-bond acceptors (Lipinski definition) is 3. The van der Waals surface area contributed by atoms with Crippen LogP contribution in [0.15, 0.2) is 59.8 Å². The molecule has 0 heterocycles. The molecule has 6 heteroatoms. The molecule has 1 aliphatic rings. The monoisotopic (exact) mass is 427 g/mol. The fraction of sp³-hybridized carbons (Fsp3) is 0.320. The Balaban J connectivity index is 1.86. The fourth-order valence-corrected chi connectivity index (χ4v) is 3.99.